The molecule has 1 saturated heterocycles. The molecule has 5 nitrogen and oxygen atoms in total. The lowest BCUT2D eigenvalue weighted by Gasteiger charge is -2.11. The molecular weight excluding hydrogens is 183 g/mol. The van der Waals surface area contributed by atoms with Crippen molar-refractivity contribution in [2.75, 3.05) is 13.2 Å². The van der Waals surface area contributed by atoms with E-state index in [-0.39, 0.29) is 18.6 Å². The minimum atomic E-state index is -0.343. The molecule has 1 aliphatic rings. The number of aliphatic hydroxyl groups excluding tert-OH is 1. The van der Waals surface area contributed by atoms with Crippen LogP contribution in [0.5, 0.6) is 0 Å². The highest BCUT2D eigenvalue weighted by Crippen LogP contribution is 2.08. The molecule has 77 valence electrons. The molecule has 0 aromatic rings. The van der Waals surface area contributed by atoms with Gasteiger partial charge in [-0.1, -0.05) is 12.9 Å². The number of hydroxylamine groups is 1. The highest BCUT2D eigenvalue weighted by Gasteiger charge is 2.17. The Bertz CT molecular complexity index is 233. The number of hydrogen-bond acceptors (Lipinski definition) is 4. The van der Waals surface area contributed by atoms with Crippen LogP contribution in [0, 0.1) is 0 Å². The van der Waals surface area contributed by atoms with Gasteiger partial charge in [-0.15, -0.1) is 0 Å². The summed E-state index contributed by atoms with van der Waals surface area (Å²) < 4.78 is 4.82. The predicted octanol–water partition coefficient (Wildman–Crippen LogP) is -1.02. The zero-order chi connectivity index (χ0) is 10.4. The van der Waals surface area contributed by atoms with Gasteiger partial charge < -0.3 is 15.2 Å². The van der Waals surface area contributed by atoms with Crippen molar-refractivity contribution in [1.29, 1.82) is 0 Å². The third kappa shape index (κ3) is 3.14. The zero-order valence-corrected chi connectivity index (χ0v) is 8.12. The van der Waals surface area contributed by atoms with Gasteiger partial charge in [0.25, 0.3) is 0 Å². The lowest BCUT2D eigenvalue weighted by Crippen LogP contribution is -2.32. The first-order valence-corrected chi connectivity index (χ1v) is 4.56. The van der Waals surface area contributed by atoms with E-state index in [1.54, 1.807) is 12.9 Å². The highest BCUT2D eigenvalue weighted by atomic mass is 16.6. The standard InChI is InChI=1S/C8H14BN2O3/c1-9-14-11-7(5-12)4-6-2-3-10-8(6)13/h4,7,11-12H,2-3,5H2,1H3,(H,10,13)/b6-4+/t7-/m0/s1. The molecule has 0 aromatic heterocycles. The van der Waals surface area contributed by atoms with Gasteiger partial charge in [0, 0.05) is 12.1 Å². The molecule has 6 heteroatoms. The maximum atomic E-state index is 11.2. The van der Waals surface area contributed by atoms with Crippen molar-refractivity contribution in [2.45, 2.75) is 19.3 Å². The van der Waals surface area contributed by atoms with Crippen LogP contribution < -0.4 is 10.8 Å². The Morgan fingerprint density at radius 3 is 3.14 bits per heavy atom. The van der Waals surface area contributed by atoms with Gasteiger partial charge in [0.1, 0.15) is 0 Å². The van der Waals surface area contributed by atoms with E-state index in [1.165, 1.54) is 7.48 Å². The van der Waals surface area contributed by atoms with E-state index in [2.05, 4.69) is 10.8 Å². The van der Waals surface area contributed by atoms with Crippen LogP contribution in [0.1, 0.15) is 6.42 Å². The van der Waals surface area contributed by atoms with Gasteiger partial charge in [-0.05, 0) is 6.42 Å². The summed E-state index contributed by atoms with van der Waals surface area (Å²) in [5, 5.41) is 11.7. The van der Waals surface area contributed by atoms with Crippen LogP contribution in [-0.2, 0) is 9.55 Å². The second kappa shape index (κ2) is 5.80. The summed E-state index contributed by atoms with van der Waals surface area (Å²) in [5.74, 6) is -0.0641. The first-order valence-electron chi connectivity index (χ1n) is 4.56. The molecule has 14 heavy (non-hydrogen) atoms. The molecule has 1 fully saturated rings. The van der Waals surface area contributed by atoms with Crippen molar-refractivity contribution in [1.82, 2.24) is 10.8 Å². The summed E-state index contributed by atoms with van der Waals surface area (Å²) >= 11 is 0. The zero-order valence-electron chi connectivity index (χ0n) is 8.12. The van der Waals surface area contributed by atoms with E-state index in [0.29, 0.717) is 18.5 Å². The van der Waals surface area contributed by atoms with Gasteiger partial charge in [0.2, 0.25) is 5.91 Å². The molecule has 0 aromatic carbocycles. The monoisotopic (exact) mass is 197 g/mol. The fourth-order valence-corrected chi connectivity index (χ4v) is 1.22. The molecule has 1 amide bonds. The van der Waals surface area contributed by atoms with E-state index in [9.17, 15) is 4.79 Å². The summed E-state index contributed by atoms with van der Waals surface area (Å²) in [5.41, 5.74) is 3.30. The second-order valence-electron chi connectivity index (χ2n) is 2.96. The topological polar surface area (TPSA) is 70.6 Å². The number of amides is 1. The Morgan fingerprint density at radius 1 is 1.86 bits per heavy atom. The summed E-state index contributed by atoms with van der Waals surface area (Å²) in [6.45, 7) is 2.28. The number of aliphatic hydroxyl groups is 1. The second-order valence-corrected chi connectivity index (χ2v) is 2.96. The van der Waals surface area contributed by atoms with Crippen LogP contribution in [0.2, 0.25) is 6.82 Å². The third-order valence-corrected chi connectivity index (χ3v) is 1.91. The molecule has 3 N–H and O–H groups in total. The maximum Gasteiger partial charge on any atom is 0.320 e. The normalized spacial score (nSPS) is 21.0. The number of rotatable bonds is 5. The summed E-state index contributed by atoms with van der Waals surface area (Å²) in [6, 6.07) is -0.343. The molecule has 1 atom stereocenters. The Morgan fingerprint density at radius 2 is 2.64 bits per heavy atom. The Balaban J connectivity index is 2.48. The van der Waals surface area contributed by atoms with Gasteiger partial charge in [0.05, 0.1) is 12.6 Å². The fraction of sp³-hybridized carbons (Fsp3) is 0.625. The fourth-order valence-electron chi connectivity index (χ4n) is 1.22. The third-order valence-electron chi connectivity index (χ3n) is 1.91. The largest absolute Gasteiger partial charge is 0.394 e. The van der Waals surface area contributed by atoms with Gasteiger partial charge in [0.15, 0.2) is 0 Å². The van der Waals surface area contributed by atoms with Gasteiger partial charge in [-0.2, -0.15) is 0 Å². The predicted molar refractivity (Wildman–Crippen MR) is 52.4 cm³/mol. The van der Waals surface area contributed by atoms with Crippen LogP contribution in [0.25, 0.3) is 0 Å². The van der Waals surface area contributed by atoms with Gasteiger partial charge in [-0.25, -0.2) is 5.48 Å². The molecule has 0 saturated carbocycles. The first-order chi connectivity index (χ1) is 6.77. The first kappa shape index (κ1) is 11.2. The van der Waals surface area contributed by atoms with Crippen molar-refractivity contribution in [3.05, 3.63) is 11.6 Å². The lowest BCUT2D eigenvalue weighted by atomic mass is 10.1. The van der Waals surface area contributed by atoms with E-state index in [0.717, 1.165) is 0 Å². The van der Waals surface area contributed by atoms with E-state index >= 15 is 0 Å². The van der Waals surface area contributed by atoms with Crippen molar-refractivity contribution in [2.24, 2.45) is 0 Å². The van der Waals surface area contributed by atoms with E-state index < -0.39 is 0 Å². The minimum Gasteiger partial charge on any atom is -0.394 e. The summed E-state index contributed by atoms with van der Waals surface area (Å²) in [7, 11) is 1.47. The minimum absolute atomic E-state index is 0.0641. The molecule has 1 rings (SSSR count). The molecule has 0 bridgehead atoms. The number of carbonyl (C=O) groups excluding carboxylic acids is 1. The molecule has 0 unspecified atom stereocenters. The number of nitrogens with one attached hydrogen (secondary N) is 2. The number of hydrogen-bond donors (Lipinski definition) is 3. The average Bonchev–Trinajstić information content (AvgIpc) is 2.59. The Kier molecular flexibility index (Phi) is 4.65. The van der Waals surface area contributed by atoms with Crippen LogP contribution in [0.3, 0.4) is 0 Å². The van der Waals surface area contributed by atoms with Crippen molar-refractivity contribution in [3.63, 3.8) is 0 Å². The Hall–Kier alpha value is -0.845. The SMILES string of the molecule is C[B]ON[C@@H](/C=C1\CCNC1=O)CO. The van der Waals surface area contributed by atoms with Crippen LogP contribution in [0.15, 0.2) is 11.6 Å². The van der Waals surface area contributed by atoms with Gasteiger partial charge in [-0.3, -0.25) is 4.79 Å². The van der Waals surface area contributed by atoms with Crippen molar-refractivity contribution >= 4 is 13.4 Å². The molecule has 0 aliphatic carbocycles. The summed E-state index contributed by atoms with van der Waals surface area (Å²) in [4.78, 5) is 11.2. The quantitative estimate of drug-likeness (QED) is 0.300. The van der Waals surface area contributed by atoms with E-state index in [1.807, 2.05) is 0 Å². The number of carbonyl (C=O) groups is 1. The molecule has 1 radical (unpaired) electrons. The highest BCUT2D eigenvalue weighted by molar-refractivity contribution is 6.24. The molecular formula is C8H14BN2O3. The van der Waals surface area contributed by atoms with Gasteiger partial charge >= 0.3 is 7.48 Å². The van der Waals surface area contributed by atoms with Crippen LogP contribution >= 0.6 is 0 Å². The molecule has 1 heterocycles. The molecule has 1 aliphatic heterocycles. The lowest BCUT2D eigenvalue weighted by molar-refractivity contribution is -0.116. The summed E-state index contributed by atoms with van der Waals surface area (Å²) in [6.07, 6.45) is 2.39. The van der Waals surface area contributed by atoms with E-state index in [4.69, 9.17) is 9.86 Å². The average molecular weight is 197 g/mol. The maximum absolute atomic E-state index is 11.2. The molecule has 0 spiro atoms. The smallest absolute Gasteiger partial charge is 0.320 e. The van der Waals surface area contributed by atoms with Crippen LogP contribution in [0.4, 0.5) is 0 Å². The van der Waals surface area contributed by atoms with Crippen molar-refractivity contribution in [3.8, 4) is 0 Å². The Labute approximate surface area is 83.7 Å². The van der Waals surface area contributed by atoms with Crippen molar-refractivity contribution < 1.29 is 14.7 Å². The van der Waals surface area contributed by atoms with Crippen LogP contribution in [-0.4, -0.2) is 37.7 Å².